The number of piperidine rings is 1. The maximum atomic E-state index is 13.5. The molecule has 0 spiro atoms. The predicted molar refractivity (Wildman–Crippen MR) is 127 cm³/mol. The number of amides is 2. The smallest absolute Gasteiger partial charge is 0.229 e. The number of anilines is 2. The van der Waals surface area contributed by atoms with E-state index in [0.29, 0.717) is 18.6 Å². The highest BCUT2D eigenvalue weighted by Crippen LogP contribution is 2.43. The second kappa shape index (κ2) is 9.27. The van der Waals surface area contributed by atoms with E-state index in [1.54, 1.807) is 12.0 Å². The maximum absolute atomic E-state index is 13.5. The fourth-order valence-electron chi connectivity index (χ4n) is 4.32. The standard InChI is InChI=1S/C27H28N2O3/c1-18-8-12-20(13-9-18)28-27(31)23-16-17-25(30)29(21-14-10-19(2)11-15-21)26(23)22-6-4-5-7-24(22)32-3/h4-15,23,26H,16-17H2,1-3H3,(H,28,31). The van der Waals surface area contributed by atoms with Crippen LogP contribution in [0.4, 0.5) is 11.4 Å². The van der Waals surface area contributed by atoms with Gasteiger partial charge in [0.25, 0.3) is 0 Å². The van der Waals surface area contributed by atoms with Gasteiger partial charge in [-0.1, -0.05) is 53.6 Å². The molecule has 5 heteroatoms. The molecule has 1 aliphatic heterocycles. The van der Waals surface area contributed by atoms with Gasteiger partial charge in [0.2, 0.25) is 11.8 Å². The number of hydrogen-bond acceptors (Lipinski definition) is 3. The number of para-hydroxylation sites is 1. The van der Waals surface area contributed by atoms with Crippen molar-refractivity contribution in [1.82, 2.24) is 0 Å². The van der Waals surface area contributed by atoms with E-state index in [9.17, 15) is 9.59 Å². The average Bonchev–Trinajstić information content (AvgIpc) is 2.81. The van der Waals surface area contributed by atoms with Crippen LogP contribution >= 0.6 is 0 Å². The molecule has 0 bridgehead atoms. The van der Waals surface area contributed by atoms with Gasteiger partial charge in [-0.05, 0) is 50.6 Å². The van der Waals surface area contributed by atoms with Crippen molar-refractivity contribution in [2.24, 2.45) is 5.92 Å². The number of rotatable bonds is 5. The molecule has 2 unspecified atom stereocenters. The third-order valence-corrected chi connectivity index (χ3v) is 6.02. The van der Waals surface area contributed by atoms with Crippen LogP contribution < -0.4 is 15.0 Å². The Kier molecular flexibility index (Phi) is 6.26. The fraction of sp³-hybridized carbons (Fsp3) is 0.259. The lowest BCUT2D eigenvalue weighted by Crippen LogP contribution is -2.47. The Morgan fingerprint density at radius 3 is 2.22 bits per heavy atom. The third kappa shape index (κ3) is 4.37. The molecular weight excluding hydrogens is 400 g/mol. The minimum Gasteiger partial charge on any atom is -0.496 e. The predicted octanol–water partition coefficient (Wildman–Crippen LogP) is 5.44. The van der Waals surface area contributed by atoms with Crippen LogP contribution in [0.1, 0.15) is 35.6 Å². The lowest BCUT2D eigenvalue weighted by Gasteiger charge is -2.41. The molecule has 2 amide bonds. The van der Waals surface area contributed by atoms with E-state index < -0.39 is 12.0 Å². The van der Waals surface area contributed by atoms with Crippen molar-refractivity contribution in [3.63, 3.8) is 0 Å². The summed E-state index contributed by atoms with van der Waals surface area (Å²) in [6, 6.07) is 22.7. The molecule has 3 aromatic carbocycles. The van der Waals surface area contributed by atoms with Gasteiger partial charge in [-0.15, -0.1) is 0 Å². The van der Waals surface area contributed by atoms with Crippen molar-refractivity contribution < 1.29 is 14.3 Å². The van der Waals surface area contributed by atoms with Gasteiger partial charge < -0.3 is 15.0 Å². The Labute approximate surface area is 189 Å². The van der Waals surface area contributed by atoms with E-state index in [1.807, 2.05) is 86.6 Å². The lowest BCUT2D eigenvalue weighted by molar-refractivity contribution is -0.125. The average molecular weight is 429 g/mol. The molecule has 0 saturated carbocycles. The zero-order valence-electron chi connectivity index (χ0n) is 18.7. The highest BCUT2D eigenvalue weighted by molar-refractivity contribution is 6.00. The number of nitrogens with zero attached hydrogens (tertiary/aromatic N) is 1. The van der Waals surface area contributed by atoms with Crippen LogP contribution in [0.25, 0.3) is 0 Å². The van der Waals surface area contributed by atoms with Crippen LogP contribution in [-0.2, 0) is 9.59 Å². The molecule has 3 aromatic rings. The van der Waals surface area contributed by atoms with E-state index in [2.05, 4.69) is 5.32 Å². The van der Waals surface area contributed by atoms with Gasteiger partial charge in [0.1, 0.15) is 5.75 Å². The zero-order chi connectivity index (χ0) is 22.7. The maximum Gasteiger partial charge on any atom is 0.229 e. The Hall–Kier alpha value is -3.60. The highest BCUT2D eigenvalue weighted by Gasteiger charge is 2.42. The second-order valence-corrected chi connectivity index (χ2v) is 8.29. The molecule has 2 atom stereocenters. The van der Waals surface area contributed by atoms with E-state index in [1.165, 1.54) is 0 Å². The first kappa shape index (κ1) is 21.6. The minimum absolute atomic E-state index is 0.00384. The monoisotopic (exact) mass is 428 g/mol. The topological polar surface area (TPSA) is 58.6 Å². The molecule has 164 valence electrons. The number of ether oxygens (including phenoxy) is 1. The molecule has 0 radical (unpaired) electrons. The second-order valence-electron chi connectivity index (χ2n) is 8.29. The number of nitrogens with one attached hydrogen (secondary N) is 1. The van der Waals surface area contributed by atoms with E-state index in [0.717, 1.165) is 28.1 Å². The summed E-state index contributed by atoms with van der Waals surface area (Å²) in [4.78, 5) is 28.4. The van der Waals surface area contributed by atoms with Gasteiger partial charge in [0, 0.05) is 23.4 Å². The summed E-state index contributed by atoms with van der Waals surface area (Å²) in [5.41, 5.74) is 4.60. The molecular formula is C27H28N2O3. The third-order valence-electron chi connectivity index (χ3n) is 6.02. The molecule has 5 nitrogen and oxygen atoms in total. The molecule has 1 N–H and O–H groups in total. The Morgan fingerprint density at radius 2 is 1.56 bits per heavy atom. The molecule has 4 rings (SSSR count). The van der Waals surface area contributed by atoms with Crippen molar-refractivity contribution >= 4 is 23.2 Å². The molecule has 1 aliphatic rings. The molecule has 0 aromatic heterocycles. The summed E-state index contributed by atoms with van der Waals surface area (Å²) in [6.07, 6.45) is 0.785. The van der Waals surface area contributed by atoms with Gasteiger partial charge in [-0.3, -0.25) is 9.59 Å². The van der Waals surface area contributed by atoms with Crippen LogP contribution in [0.3, 0.4) is 0 Å². The molecule has 1 heterocycles. The molecule has 1 fully saturated rings. The Balaban J connectivity index is 1.77. The SMILES string of the molecule is COc1ccccc1C1C(C(=O)Nc2ccc(C)cc2)CCC(=O)N1c1ccc(C)cc1. The summed E-state index contributed by atoms with van der Waals surface area (Å²) in [5.74, 6) is 0.141. The van der Waals surface area contributed by atoms with Gasteiger partial charge in [-0.2, -0.15) is 0 Å². The summed E-state index contributed by atoms with van der Waals surface area (Å²) in [5, 5.41) is 3.05. The summed E-state index contributed by atoms with van der Waals surface area (Å²) >= 11 is 0. The van der Waals surface area contributed by atoms with Crippen molar-refractivity contribution in [3.8, 4) is 5.75 Å². The molecule has 0 aliphatic carbocycles. The van der Waals surface area contributed by atoms with Gasteiger partial charge in [0.05, 0.1) is 19.1 Å². The van der Waals surface area contributed by atoms with Crippen LogP contribution in [0.15, 0.2) is 72.8 Å². The number of carbonyl (C=O) groups excluding carboxylic acids is 2. The lowest BCUT2D eigenvalue weighted by atomic mass is 9.82. The van der Waals surface area contributed by atoms with Crippen molar-refractivity contribution in [3.05, 3.63) is 89.5 Å². The summed E-state index contributed by atoms with van der Waals surface area (Å²) < 4.78 is 5.63. The first-order valence-electron chi connectivity index (χ1n) is 10.9. The fourth-order valence-corrected chi connectivity index (χ4v) is 4.32. The van der Waals surface area contributed by atoms with E-state index >= 15 is 0 Å². The molecule has 1 saturated heterocycles. The normalized spacial score (nSPS) is 18.3. The molecule has 32 heavy (non-hydrogen) atoms. The number of benzene rings is 3. The Bertz CT molecular complexity index is 1110. The van der Waals surface area contributed by atoms with Crippen molar-refractivity contribution in [2.75, 3.05) is 17.3 Å². The van der Waals surface area contributed by atoms with Crippen LogP contribution in [-0.4, -0.2) is 18.9 Å². The van der Waals surface area contributed by atoms with E-state index in [4.69, 9.17) is 4.74 Å². The first-order chi connectivity index (χ1) is 15.5. The first-order valence-corrected chi connectivity index (χ1v) is 10.9. The van der Waals surface area contributed by atoms with Crippen LogP contribution in [0.5, 0.6) is 5.75 Å². The van der Waals surface area contributed by atoms with Gasteiger partial charge in [-0.25, -0.2) is 0 Å². The van der Waals surface area contributed by atoms with Gasteiger partial charge >= 0.3 is 0 Å². The number of hydrogen-bond donors (Lipinski definition) is 1. The summed E-state index contributed by atoms with van der Waals surface area (Å²) in [6.45, 7) is 4.02. The highest BCUT2D eigenvalue weighted by atomic mass is 16.5. The van der Waals surface area contributed by atoms with Crippen molar-refractivity contribution in [1.29, 1.82) is 0 Å². The van der Waals surface area contributed by atoms with E-state index in [-0.39, 0.29) is 11.8 Å². The number of methoxy groups -OCH3 is 1. The Morgan fingerprint density at radius 1 is 0.938 bits per heavy atom. The number of aryl methyl sites for hydroxylation is 2. The van der Waals surface area contributed by atoms with Crippen LogP contribution in [0, 0.1) is 19.8 Å². The minimum atomic E-state index is -0.472. The number of carbonyl (C=O) groups is 2. The largest absolute Gasteiger partial charge is 0.496 e. The zero-order valence-corrected chi connectivity index (χ0v) is 18.7. The van der Waals surface area contributed by atoms with Crippen molar-refractivity contribution in [2.45, 2.75) is 32.7 Å². The van der Waals surface area contributed by atoms with Crippen LogP contribution in [0.2, 0.25) is 0 Å². The van der Waals surface area contributed by atoms with Gasteiger partial charge in [0.15, 0.2) is 0 Å². The quantitative estimate of drug-likeness (QED) is 0.589. The summed E-state index contributed by atoms with van der Waals surface area (Å²) in [7, 11) is 1.61.